The fraction of sp³-hybridized carbons (Fsp3) is 0.200. The van der Waals surface area contributed by atoms with Crippen LogP contribution in [0.1, 0.15) is 0 Å². The maximum Gasteiger partial charge on any atom is 0.321 e. The van der Waals surface area contributed by atoms with Crippen LogP contribution in [0.2, 0.25) is 10.0 Å². The molecule has 17 heavy (non-hydrogen) atoms. The molecule has 0 fully saturated rings. The molecule has 1 aromatic rings. The fourth-order valence-corrected chi connectivity index (χ4v) is 1.31. The third kappa shape index (κ3) is 4.13. The monoisotopic (exact) mass is 276 g/mol. The Labute approximate surface area is 108 Å². The summed E-state index contributed by atoms with van der Waals surface area (Å²) in [6, 6.07) is 4.21. The maximum absolute atomic E-state index is 11.2. The van der Waals surface area contributed by atoms with E-state index in [0.29, 0.717) is 5.02 Å². The van der Waals surface area contributed by atoms with Crippen LogP contribution >= 0.6 is 23.2 Å². The van der Waals surface area contributed by atoms with E-state index < -0.39 is 11.9 Å². The first-order valence-electron chi connectivity index (χ1n) is 4.63. The van der Waals surface area contributed by atoms with Gasteiger partial charge in [-0.15, -0.1) is 0 Å². The summed E-state index contributed by atoms with van der Waals surface area (Å²) in [4.78, 5) is 22.0. The molecule has 0 aliphatic heterocycles. The van der Waals surface area contributed by atoms with E-state index in [-0.39, 0.29) is 17.4 Å². The van der Waals surface area contributed by atoms with Gasteiger partial charge in [-0.1, -0.05) is 29.3 Å². The molecule has 2 N–H and O–H groups in total. The number of rotatable bonds is 3. The molecule has 0 unspecified atom stereocenters. The molecule has 0 aliphatic carbocycles. The Morgan fingerprint density at radius 2 is 2.06 bits per heavy atom. The quantitative estimate of drug-likeness (QED) is 0.885. The third-order valence-corrected chi connectivity index (χ3v) is 2.56. The van der Waals surface area contributed by atoms with Gasteiger partial charge in [-0.3, -0.25) is 10.1 Å². The van der Waals surface area contributed by atoms with Crippen LogP contribution in [0, 0.1) is 0 Å². The summed E-state index contributed by atoms with van der Waals surface area (Å²) in [6.45, 7) is -0.326. The van der Waals surface area contributed by atoms with E-state index >= 15 is 0 Å². The van der Waals surface area contributed by atoms with Crippen LogP contribution in [-0.2, 0) is 4.79 Å². The first kappa shape index (κ1) is 13.6. The second-order valence-electron chi connectivity index (χ2n) is 2.97. The SMILES string of the molecule is CNC(=O)NC(=O)COc1cccc(Cl)c1Cl. The zero-order valence-electron chi connectivity index (χ0n) is 8.92. The van der Waals surface area contributed by atoms with Crippen molar-refractivity contribution < 1.29 is 14.3 Å². The predicted octanol–water partition coefficient (Wildman–Crippen LogP) is 1.83. The summed E-state index contributed by atoms with van der Waals surface area (Å²) >= 11 is 11.6. The molecule has 0 spiro atoms. The number of hydrogen-bond donors (Lipinski definition) is 2. The normalized spacial score (nSPS) is 9.59. The summed E-state index contributed by atoms with van der Waals surface area (Å²) in [5.41, 5.74) is 0. The number of imide groups is 1. The van der Waals surface area contributed by atoms with E-state index in [1.165, 1.54) is 7.05 Å². The molecule has 3 amide bonds. The lowest BCUT2D eigenvalue weighted by molar-refractivity contribution is -0.121. The van der Waals surface area contributed by atoms with Crippen LogP contribution in [0.3, 0.4) is 0 Å². The molecule has 0 saturated carbocycles. The van der Waals surface area contributed by atoms with Gasteiger partial charge in [-0.2, -0.15) is 0 Å². The lowest BCUT2D eigenvalue weighted by Gasteiger charge is -2.08. The molecule has 0 bridgehead atoms. The Balaban J connectivity index is 2.53. The second-order valence-corrected chi connectivity index (χ2v) is 3.75. The van der Waals surface area contributed by atoms with E-state index in [9.17, 15) is 9.59 Å². The van der Waals surface area contributed by atoms with Gasteiger partial charge in [-0.25, -0.2) is 4.79 Å². The first-order valence-corrected chi connectivity index (χ1v) is 5.38. The smallest absolute Gasteiger partial charge is 0.321 e. The van der Waals surface area contributed by atoms with Gasteiger partial charge in [0.2, 0.25) is 0 Å². The van der Waals surface area contributed by atoms with Crippen molar-refractivity contribution in [1.29, 1.82) is 0 Å². The number of urea groups is 1. The zero-order chi connectivity index (χ0) is 12.8. The van der Waals surface area contributed by atoms with Crippen LogP contribution in [0.25, 0.3) is 0 Å². The molecule has 0 saturated heterocycles. The van der Waals surface area contributed by atoms with E-state index in [0.717, 1.165) is 0 Å². The molecule has 7 heteroatoms. The number of ether oxygens (including phenoxy) is 1. The van der Waals surface area contributed by atoms with Crippen molar-refractivity contribution in [3.8, 4) is 5.75 Å². The van der Waals surface area contributed by atoms with Crippen LogP contribution in [0.5, 0.6) is 5.75 Å². The number of nitrogens with one attached hydrogen (secondary N) is 2. The highest BCUT2D eigenvalue weighted by atomic mass is 35.5. The van der Waals surface area contributed by atoms with Gasteiger partial charge in [0, 0.05) is 7.05 Å². The van der Waals surface area contributed by atoms with Crippen molar-refractivity contribution in [3.05, 3.63) is 28.2 Å². The van der Waals surface area contributed by atoms with E-state index in [2.05, 4.69) is 5.32 Å². The van der Waals surface area contributed by atoms with E-state index in [1.807, 2.05) is 5.32 Å². The van der Waals surface area contributed by atoms with E-state index in [4.69, 9.17) is 27.9 Å². The van der Waals surface area contributed by atoms with Gasteiger partial charge in [0.05, 0.1) is 5.02 Å². The van der Waals surface area contributed by atoms with Gasteiger partial charge in [0.25, 0.3) is 5.91 Å². The number of carbonyl (C=O) groups is 2. The first-order chi connectivity index (χ1) is 8.04. The van der Waals surface area contributed by atoms with Gasteiger partial charge < -0.3 is 10.1 Å². The lowest BCUT2D eigenvalue weighted by atomic mass is 10.3. The highest BCUT2D eigenvalue weighted by Crippen LogP contribution is 2.31. The fourth-order valence-electron chi connectivity index (χ4n) is 0.964. The Morgan fingerprint density at radius 1 is 1.35 bits per heavy atom. The van der Waals surface area contributed by atoms with Gasteiger partial charge in [0.15, 0.2) is 6.61 Å². The number of amides is 3. The minimum Gasteiger partial charge on any atom is -0.482 e. The zero-order valence-corrected chi connectivity index (χ0v) is 10.4. The molecule has 0 heterocycles. The molecule has 0 atom stereocenters. The second kappa shape index (κ2) is 6.32. The van der Waals surface area contributed by atoms with E-state index in [1.54, 1.807) is 18.2 Å². The average Bonchev–Trinajstić information content (AvgIpc) is 2.31. The Kier molecular flexibility index (Phi) is 5.06. The molecule has 0 radical (unpaired) electrons. The molecule has 0 aliphatic rings. The van der Waals surface area contributed by atoms with Crippen molar-refractivity contribution in [2.24, 2.45) is 0 Å². The molecule has 92 valence electrons. The van der Waals surface area contributed by atoms with Gasteiger partial charge in [-0.05, 0) is 12.1 Å². The molecule has 1 rings (SSSR count). The average molecular weight is 277 g/mol. The van der Waals surface area contributed by atoms with Crippen molar-refractivity contribution in [3.63, 3.8) is 0 Å². The van der Waals surface area contributed by atoms with Gasteiger partial charge >= 0.3 is 6.03 Å². The highest BCUT2D eigenvalue weighted by molar-refractivity contribution is 6.42. The largest absolute Gasteiger partial charge is 0.482 e. The number of halogens is 2. The van der Waals surface area contributed by atoms with Crippen LogP contribution in [0.15, 0.2) is 18.2 Å². The summed E-state index contributed by atoms with van der Waals surface area (Å²) in [6.07, 6.45) is 0. The summed E-state index contributed by atoms with van der Waals surface area (Å²) < 4.78 is 5.12. The van der Waals surface area contributed by atoms with Crippen molar-refractivity contribution in [2.45, 2.75) is 0 Å². The summed E-state index contributed by atoms with van der Waals surface area (Å²) in [5.74, 6) is -0.299. The third-order valence-electron chi connectivity index (χ3n) is 1.75. The molecule has 5 nitrogen and oxygen atoms in total. The topological polar surface area (TPSA) is 67.4 Å². The summed E-state index contributed by atoms with van der Waals surface area (Å²) in [5, 5.41) is 4.84. The van der Waals surface area contributed by atoms with Crippen molar-refractivity contribution >= 4 is 35.1 Å². The standard InChI is InChI=1S/C10H10Cl2N2O3/c1-13-10(16)14-8(15)5-17-7-4-2-3-6(11)9(7)12/h2-4H,5H2,1H3,(H2,13,14,15,16). The highest BCUT2D eigenvalue weighted by Gasteiger charge is 2.09. The Bertz CT molecular complexity index is 438. The molecule has 1 aromatic carbocycles. The minimum absolute atomic E-state index is 0.224. The Hall–Kier alpha value is -1.46. The van der Waals surface area contributed by atoms with Crippen LogP contribution < -0.4 is 15.4 Å². The number of hydrogen-bond acceptors (Lipinski definition) is 3. The minimum atomic E-state index is -0.601. The van der Waals surface area contributed by atoms with Gasteiger partial charge in [0.1, 0.15) is 10.8 Å². The predicted molar refractivity (Wildman–Crippen MR) is 64.6 cm³/mol. The van der Waals surface area contributed by atoms with Crippen molar-refractivity contribution in [1.82, 2.24) is 10.6 Å². The molecular weight excluding hydrogens is 267 g/mol. The number of benzene rings is 1. The summed E-state index contributed by atoms with van der Waals surface area (Å²) in [7, 11) is 1.40. The number of carbonyl (C=O) groups excluding carboxylic acids is 2. The van der Waals surface area contributed by atoms with Crippen molar-refractivity contribution in [2.75, 3.05) is 13.7 Å². The van der Waals surface area contributed by atoms with Crippen LogP contribution in [0.4, 0.5) is 4.79 Å². The molecule has 0 aromatic heterocycles. The van der Waals surface area contributed by atoms with Crippen LogP contribution in [-0.4, -0.2) is 25.6 Å². The Morgan fingerprint density at radius 3 is 2.71 bits per heavy atom. The molecular formula is C10H10Cl2N2O3. The lowest BCUT2D eigenvalue weighted by Crippen LogP contribution is -2.39. The maximum atomic E-state index is 11.2.